The highest BCUT2D eigenvalue weighted by Gasteiger charge is 2.68. The summed E-state index contributed by atoms with van der Waals surface area (Å²) in [6.45, 7) is 0. The average Bonchev–Trinajstić information content (AvgIpc) is 3.20. The molecule has 2 spiro atoms. The molecule has 0 atom stereocenters. The molecule has 26 heavy (non-hydrogen) atoms. The number of fused-ring (bicyclic) bond motifs is 5. The first kappa shape index (κ1) is 14.4. The van der Waals surface area contributed by atoms with Crippen LogP contribution in [0.3, 0.4) is 0 Å². The van der Waals surface area contributed by atoms with E-state index in [-0.39, 0.29) is 0 Å². The van der Waals surface area contributed by atoms with Gasteiger partial charge in [-0.05, 0) is 55.1 Å². The van der Waals surface area contributed by atoms with Gasteiger partial charge in [0.05, 0.1) is 0 Å². The predicted molar refractivity (Wildman–Crippen MR) is 95.7 cm³/mol. The van der Waals surface area contributed by atoms with E-state index in [0.717, 1.165) is 23.0 Å². The molecule has 3 nitrogen and oxygen atoms in total. The second-order valence-electron chi connectivity index (χ2n) is 9.00. The van der Waals surface area contributed by atoms with E-state index in [1.807, 2.05) is 0 Å². The van der Waals surface area contributed by atoms with Gasteiger partial charge in [0.25, 0.3) is 5.79 Å². The van der Waals surface area contributed by atoms with Crippen LogP contribution in [-0.4, -0.2) is 5.79 Å². The highest BCUT2D eigenvalue weighted by Crippen LogP contribution is 2.66. The normalized spacial score (nSPS) is 40.3. The summed E-state index contributed by atoms with van der Waals surface area (Å²) in [6, 6.07) is 16.9. The first-order valence-electron chi connectivity index (χ1n) is 10.0. The fraction of sp³-hybridized carbons (Fsp3) is 0.478. The van der Waals surface area contributed by atoms with E-state index in [4.69, 9.17) is 14.5 Å². The molecular formula is C23H22O3. The SMILES string of the molecule is c1ccc2c(c1)-c1ccccc1C21OOC2(O1)C1CC3CC(C1)CC2C3. The molecule has 0 unspecified atom stereocenters. The molecule has 3 heteroatoms. The summed E-state index contributed by atoms with van der Waals surface area (Å²) in [7, 11) is 0. The molecule has 132 valence electrons. The Hall–Kier alpha value is -1.68. The summed E-state index contributed by atoms with van der Waals surface area (Å²) >= 11 is 0. The molecule has 1 aliphatic heterocycles. The molecule has 0 amide bonds. The maximum atomic E-state index is 6.98. The van der Waals surface area contributed by atoms with Crippen LogP contribution in [-0.2, 0) is 20.3 Å². The lowest BCUT2D eigenvalue weighted by Crippen LogP contribution is -2.59. The second kappa shape index (κ2) is 4.59. The third-order valence-electron chi connectivity index (χ3n) is 7.72. The summed E-state index contributed by atoms with van der Waals surface area (Å²) in [6.07, 6.45) is 6.34. The van der Waals surface area contributed by atoms with E-state index >= 15 is 0 Å². The highest BCUT2D eigenvalue weighted by molar-refractivity contribution is 5.79. The van der Waals surface area contributed by atoms with Gasteiger partial charge in [0.1, 0.15) is 0 Å². The fourth-order valence-electron chi connectivity index (χ4n) is 6.88. The van der Waals surface area contributed by atoms with Crippen molar-refractivity contribution in [1.82, 2.24) is 0 Å². The van der Waals surface area contributed by atoms with Crippen molar-refractivity contribution in [3.05, 3.63) is 59.7 Å². The van der Waals surface area contributed by atoms with Crippen molar-refractivity contribution in [3.8, 4) is 11.1 Å². The number of benzene rings is 2. The lowest BCUT2D eigenvalue weighted by Gasteiger charge is -2.57. The number of hydrogen-bond donors (Lipinski definition) is 0. The van der Waals surface area contributed by atoms with Crippen molar-refractivity contribution < 1.29 is 14.5 Å². The molecule has 4 saturated carbocycles. The van der Waals surface area contributed by atoms with E-state index in [1.54, 1.807) is 0 Å². The molecule has 1 saturated heterocycles. The molecule has 0 aromatic heterocycles. The van der Waals surface area contributed by atoms with Gasteiger partial charge in [0.15, 0.2) is 0 Å². The molecule has 0 radical (unpaired) electrons. The largest absolute Gasteiger partial charge is 0.304 e. The molecule has 6 aliphatic rings. The van der Waals surface area contributed by atoms with Crippen LogP contribution >= 0.6 is 0 Å². The number of ether oxygens (including phenoxy) is 1. The van der Waals surface area contributed by atoms with Crippen molar-refractivity contribution in [2.45, 2.75) is 43.7 Å². The van der Waals surface area contributed by atoms with Crippen LogP contribution < -0.4 is 0 Å². The highest BCUT2D eigenvalue weighted by atomic mass is 17.3. The number of hydrogen-bond acceptors (Lipinski definition) is 3. The summed E-state index contributed by atoms with van der Waals surface area (Å²) in [4.78, 5) is 12.5. The van der Waals surface area contributed by atoms with Crippen LogP contribution in [0.15, 0.2) is 48.5 Å². The summed E-state index contributed by atoms with van der Waals surface area (Å²) in [5.74, 6) is 1.22. The zero-order chi connectivity index (χ0) is 16.9. The monoisotopic (exact) mass is 346 g/mol. The Morgan fingerprint density at radius 2 is 1.19 bits per heavy atom. The van der Waals surface area contributed by atoms with E-state index in [0.29, 0.717) is 11.8 Å². The smallest absolute Gasteiger partial charge is 0.257 e. The van der Waals surface area contributed by atoms with Gasteiger partial charge in [-0.2, -0.15) is 9.78 Å². The molecule has 0 N–H and O–H groups in total. The van der Waals surface area contributed by atoms with E-state index in [2.05, 4.69) is 48.5 Å². The predicted octanol–water partition coefficient (Wildman–Crippen LogP) is 5.00. The molecule has 2 aromatic rings. The Morgan fingerprint density at radius 1 is 0.654 bits per heavy atom. The van der Waals surface area contributed by atoms with Crippen molar-refractivity contribution >= 4 is 0 Å². The molecular weight excluding hydrogens is 324 g/mol. The standard InChI is InChI=1S/C23H22O3/c1-3-7-20-18(5-1)19-6-2-4-8-21(19)23(20)24-22(25-26-23)16-10-14-9-15(12-16)13-17(22)11-14/h1-8,14-17H,9-13H2. The summed E-state index contributed by atoms with van der Waals surface area (Å²) in [5.41, 5.74) is 4.58. The Bertz CT molecular complexity index is 844. The maximum absolute atomic E-state index is 6.98. The molecule has 4 bridgehead atoms. The third kappa shape index (κ3) is 1.53. The Balaban J connectivity index is 1.40. The topological polar surface area (TPSA) is 27.7 Å². The summed E-state index contributed by atoms with van der Waals surface area (Å²) in [5, 5.41) is 0. The van der Waals surface area contributed by atoms with E-state index in [9.17, 15) is 0 Å². The third-order valence-corrected chi connectivity index (χ3v) is 7.72. The minimum atomic E-state index is -0.900. The molecule has 5 fully saturated rings. The van der Waals surface area contributed by atoms with E-state index < -0.39 is 11.6 Å². The molecule has 1 heterocycles. The zero-order valence-corrected chi connectivity index (χ0v) is 14.7. The van der Waals surface area contributed by atoms with Crippen LogP contribution in [0.4, 0.5) is 0 Å². The Labute approximate surface area is 153 Å². The maximum Gasteiger partial charge on any atom is 0.257 e. The van der Waals surface area contributed by atoms with Gasteiger partial charge < -0.3 is 4.74 Å². The van der Waals surface area contributed by atoms with Gasteiger partial charge in [-0.1, -0.05) is 48.5 Å². The van der Waals surface area contributed by atoms with Crippen LogP contribution in [0.5, 0.6) is 0 Å². The number of rotatable bonds is 0. The van der Waals surface area contributed by atoms with Crippen LogP contribution in [0.25, 0.3) is 11.1 Å². The van der Waals surface area contributed by atoms with Gasteiger partial charge >= 0.3 is 0 Å². The van der Waals surface area contributed by atoms with Crippen molar-refractivity contribution in [1.29, 1.82) is 0 Å². The average molecular weight is 346 g/mol. The van der Waals surface area contributed by atoms with Crippen molar-refractivity contribution in [2.75, 3.05) is 0 Å². The van der Waals surface area contributed by atoms with Crippen molar-refractivity contribution in [2.24, 2.45) is 23.7 Å². The van der Waals surface area contributed by atoms with Gasteiger partial charge in [0, 0.05) is 23.0 Å². The second-order valence-corrected chi connectivity index (χ2v) is 9.00. The quantitative estimate of drug-likeness (QED) is 0.628. The zero-order valence-electron chi connectivity index (χ0n) is 14.7. The minimum Gasteiger partial charge on any atom is -0.304 e. The molecule has 8 rings (SSSR count). The lowest BCUT2D eigenvalue weighted by molar-refractivity contribution is -0.387. The molecule has 2 aromatic carbocycles. The first-order chi connectivity index (χ1) is 12.8. The van der Waals surface area contributed by atoms with Crippen molar-refractivity contribution in [3.63, 3.8) is 0 Å². The lowest BCUT2D eigenvalue weighted by atomic mass is 9.53. The van der Waals surface area contributed by atoms with E-state index in [1.165, 1.54) is 43.2 Å². The van der Waals surface area contributed by atoms with Crippen LogP contribution in [0.2, 0.25) is 0 Å². The molecule has 5 aliphatic carbocycles. The Kier molecular flexibility index (Phi) is 2.54. The van der Waals surface area contributed by atoms with Crippen LogP contribution in [0, 0.1) is 23.7 Å². The summed E-state index contributed by atoms with van der Waals surface area (Å²) < 4.78 is 6.98. The van der Waals surface area contributed by atoms with Gasteiger partial charge in [-0.15, -0.1) is 0 Å². The fourth-order valence-corrected chi connectivity index (χ4v) is 6.88. The van der Waals surface area contributed by atoms with Gasteiger partial charge in [0.2, 0.25) is 5.79 Å². The van der Waals surface area contributed by atoms with Gasteiger partial charge in [-0.3, -0.25) is 0 Å². The Morgan fingerprint density at radius 3 is 1.77 bits per heavy atom. The van der Waals surface area contributed by atoms with Gasteiger partial charge in [-0.25, -0.2) is 0 Å². The van der Waals surface area contributed by atoms with Crippen LogP contribution in [0.1, 0.15) is 43.2 Å². The minimum absolute atomic E-state index is 0.470. The first-order valence-corrected chi connectivity index (χ1v) is 10.0.